The first-order valence-corrected chi connectivity index (χ1v) is 11.0. The predicted molar refractivity (Wildman–Crippen MR) is 131 cm³/mol. The van der Waals surface area contributed by atoms with E-state index in [1.165, 1.54) is 6.07 Å². The monoisotopic (exact) mass is 534 g/mol. The van der Waals surface area contributed by atoms with Gasteiger partial charge in [0.05, 0.1) is 13.2 Å². The van der Waals surface area contributed by atoms with Crippen LogP contribution in [-0.2, 0) is 9.47 Å². The SMILES string of the molecule is CCNC(=NCCCOCC1CCOC1)NC1CCN(c2cccc(F)c2)CC1.I. The molecule has 6 nitrogen and oxygen atoms in total. The first-order valence-electron chi connectivity index (χ1n) is 11.0. The minimum Gasteiger partial charge on any atom is -0.381 e. The number of nitrogens with one attached hydrogen (secondary N) is 2. The Kier molecular flexibility index (Phi) is 11.8. The molecule has 0 radical (unpaired) electrons. The van der Waals surface area contributed by atoms with Crippen molar-refractivity contribution in [2.45, 2.75) is 38.6 Å². The summed E-state index contributed by atoms with van der Waals surface area (Å²) in [5, 5.41) is 6.89. The van der Waals surface area contributed by atoms with Gasteiger partial charge in [0, 0.05) is 57.0 Å². The van der Waals surface area contributed by atoms with Gasteiger partial charge in [-0.25, -0.2) is 4.39 Å². The fourth-order valence-corrected chi connectivity index (χ4v) is 3.79. The van der Waals surface area contributed by atoms with Crippen LogP contribution in [-0.4, -0.2) is 64.6 Å². The Balaban J connectivity index is 0.00000320. The summed E-state index contributed by atoms with van der Waals surface area (Å²) < 4.78 is 24.6. The number of nitrogens with zero attached hydrogens (tertiary/aromatic N) is 2. The number of ether oxygens (including phenoxy) is 2. The van der Waals surface area contributed by atoms with Gasteiger partial charge in [-0.3, -0.25) is 4.99 Å². The van der Waals surface area contributed by atoms with Crippen LogP contribution in [0.2, 0.25) is 0 Å². The van der Waals surface area contributed by atoms with Crippen LogP contribution in [0.15, 0.2) is 29.3 Å². The van der Waals surface area contributed by atoms with E-state index in [1.807, 2.05) is 6.07 Å². The summed E-state index contributed by atoms with van der Waals surface area (Å²) in [4.78, 5) is 6.94. The zero-order valence-corrected chi connectivity index (χ0v) is 20.3. The van der Waals surface area contributed by atoms with Crippen molar-refractivity contribution in [3.8, 4) is 0 Å². The third-order valence-corrected chi connectivity index (χ3v) is 5.45. The summed E-state index contributed by atoms with van der Waals surface area (Å²) >= 11 is 0. The first kappa shape index (κ1) is 25.1. The Morgan fingerprint density at radius 2 is 2.13 bits per heavy atom. The largest absolute Gasteiger partial charge is 0.381 e. The maximum atomic E-state index is 13.5. The number of benzene rings is 1. The molecule has 0 bridgehead atoms. The van der Waals surface area contributed by atoms with Gasteiger partial charge in [0.15, 0.2) is 5.96 Å². The lowest BCUT2D eigenvalue weighted by Crippen LogP contribution is -2.48. The number of rotatable bonds is 9. The van der Waals surface area contributed by atoms with Gasteiger partial charge >= 0.3 is 0 Å². The smallest absolute Gasteiger partial charge is 0.191 e. The molecule has 8 heteroatoms. The van der Waals surface area contributed by atoms with Crippen LogP contribution in [0.5, 0.6) is 0 Å². The molecule has 170 valence electrons. The Bertz CT molecular complexity index is 635. The van der Waals surface area contributed by atoms with E-state index in [9.17, 15) is 4.39 Å². The highest BCUT2D eigenvalue weighted by Gasteiger charge is 2.20. The zero-order valence-electron chi connectivity index (χ0n) is 17.9. The summed E-state index contributed by atoms with van der Waals surface area (Å²) in [5.74, 6) is 1.27. The zero-order chi connectivity index (χ0) is 20.3. The number of hydrogen-bond donors (Lipinski definition) is 2. The van der Waals surface area contributed by atoms with Crippen molar-refractivity contribution in [3.05, 3.63) is 30.1 Å². The lowest BCUT2D eigenvalue weighted by Gasteiger charge is -2.34. The molecule has 0 spiro atoms. The molecule has 1 atom stereocenters. The molecule has 2 heterocycles. The Morgan fingerprint density at radius 3 is 2.83 bits per heavy atom. The molecule has 3 rings (SSSR count). The van der Waals surface area contributed by atoms with Crippen molar-refractivity contribution in [2.24, 2.45) is 10.9 Å². The summed E-state index contributed by atoms with van der Waals surface area (Å²) in [7, 11) is 0. The molecule has 0 amide bonds. The third-order valence-electron chi connectivity index (χ3n) is 5.45. The van der Waals surface area contributed by atoms with Gasteiger partial charge in [-0.05, 0) is 50.8 Å². The first-order chi connectivity index (χ1) is 14.2. The van der Waals surface area contributed by atoms with Gasteiger partial charge in [-0.2, -0.15) is 0 Å². The van der Waals surface area contributed by atoms with E-state index in [4.69, 9.17) is 14.5 Å². The summed E-state index contributed by atoms with van der Waals surface area (Å²) in [5.41, 5.74) is 0.966. The van der Waals surface area contributed by atoms with Crippen molar-refractivity contribution in [1.82, 2.24) is 10.6 Å². The van der Waals surface area contributed by atoms with Crippen LogP contribution in [0.4, 0.5) is 10.1 Å². The van der Waals surface area contributed by atoms with Crippen molar-refractivity contribution in [3.63, 3.8) is 0 Å². The van der Waals surface area contributed by atoms with Gasteiger partial charge < -0.3 is 25.0 Å². The Hall–Kier alpha value is -1.13. The minimum atomic E-state index is -0.176. The molecule has 0 aliphatic carbocycles. The van der Waals surface area contributed by atoms with E-state index in [0.29, 0.717) is 12.0 Å². The van der Waals surface area contributed by atoms with Gasteiger partial charge in [0.2, 0.25) is 0 Å². The molecule has 2 N–H and O–H groups in total. The number of halogens is 2. The molecule has 1 aromatic carbocycles. The second-order valence-corrected chi connectivity index (χ2v) is 7.80. The van der Waals surface area contributed by atoms with Crippen LogP contribution in [0.1, 0.15) is 32.6 Å². The maximum Gasteiger partial charge on any atom is 0.191 e. The molecule has 0 aromatic heterocycles. The number of guanidine groups is 1. The van der Waals surface area contributed by atoms with Crippen molar-refractivity contribution in [1.29, 1.82) is 0 Å². The molecule has 2 fully saturated rings. The van der Waals surface area contributed by atoms with Crippen molar-refractivity contribution < 1.29 is 13.9 Å². The van der Waals surface area contributed by atoms with Crippen LogP contribution >= 0.6 is 24.0 Å². The van der Waals surface area contributed by atoms with Gasteiger partial charge in [0.1, 0.15) is 5.82 Å². The molecule has 30 heavy (non-hydrogen) atoms. The lowest BCUT2D eigenvalue weighted by atomic mass is 10.0. The maximum absolute atomic E-state index is 13.5. The average molecular weight is 534 g/mol. The van der Waals surface area contributed by atoms with E-state index < -0.39 is 0 Å². The summed E-state index contributed by atoms with van der Waals surface area (Å²) in [6.07, 6.45) is 4.05. The number of hydrogen-bond acceptors (Lipinski definition) is 4. The van der Waals surface area contributed by atoms with E-state index in [1.54, 1.807) is 12.1 Å². The van der Waals surface area contributed by atoms with E-state index in [2.05, 4.69) is 22.5 Å². The summed E-state index contributed by atoms with van der Waals surface area (Å²) in [6.45, 7) is 8.75. The van der Waals surface area contributed by atoms with Gasteiger partial charge in [-0.1, -0.05) is 6.07 Å². The quantitative estimate of drug-likeness (QED) is 0.220. The van der Waals surface area contributed by atoms with Gasteiger partial charge in [0.25, 0.3) is 0 Å². The fourth-order valence-electron chi connectivity index (χ4n) is 3.79. The topological polar surface area (TPSA) is 58.1 Å². The highest BCUT2D eigenvalue weighted by Crippen LogP contribution is 2.20. The molecule has 1 aromatic rings. The van der Waals surface area contributed by atoms with E-state index >= 15 is 0 Å². The number of anilines is 1. The van der Waals surface area contributed by atoms with Crippen LogP contribution in [0.25, 0.3) is 0 Å². The van der Waals surface area contributed by atoms with E-state index in [-0.39, 0.29) is 29.8 Å². The lowest BCUT2D eigenvalue weighted by molar-refractivity contribution is 0.0893. The number of piperidine rings is 1. The molecule has 0 saturated carbocycles. The molecular formula is C22H36FIN4O2. The highest BCUT2D eigenvalue weighted by atomic mass is 127. The Morgan fingerprint density at radius 1 is 1.30 bits per heavy atom. The van der Waals surface area contributed by atoms with Crippen LogP contribution in [0, 0.1) is 11.7 Å². The third kappa shape index (κ3) is 8.55. The normalized spacial score (nSPS) is 20.1. The van der Waals surface area contributed by atoms with Crippen LogP contribution < -0.4 is 15.5 Å². The Labute approximate surface area is 197 Å². The van der Waals surface area contributed by atoms with Crippen molar-refractivity contribution >= 4 is 35.6 Å². The molecule has 2 saturated heterocycles. The van der Waals surface area contributed by atoms with Gasteiger partial charge in [-0.15, -0.1) is 24.0 Å². The predicted octanol–water partition coefficient (Wildman–Crippen LogP) is 3.41. The molecular weight excluding hydrogens is 498 g/mol. The minimum absolute atomic E-state index is 0. The molecule has 2 aliphatic rings. The fraction of sp³-hybridized carbons (Fsp3) is 0.682. The number of aliphatic imine (C=N–C) groups is 1. The second kappa shape index (κ2) is 14.0. The standard InChI is InChI=1S/C22H35FN4O2.HI/c1-2-24-22(25-10-4-13-28-16-18-9-14-29-17-18)26-20-7-11-27(12-8-20)21-6-3-5-19(23)15-21;/h3,5-6,15,18,20H,2,4,7-14,16-17H2,1H3,(H2,24,25,26);1H. The molecule has 2 aliphatic heterocycles. The van der Waals surface area contributed by atoms with E-state index in [0.717, 1.165) is 89.9 Å². The van der Waals surface area contributed by atoms with Crippen LogP contribution in [0.3, 0.4) is 0 Å². The second-order valence-electron chi connectivity index (χ2n) is 7.80. The van der Waals surface area contributed by atoms with Crippen molar-refractivity contribution in [2.75, 3.05) is 57.5 Å². The molecule has 1 unspecified atom stereocenters. The average Bonchev–Trinajstić information content (AvgIpc) is 3.25. The summed E-state index contributed by atoms with van der Waals surface area (Å²) in [6, 6.07) is 7.24. The highest BCUT2D eigenvalue weighted by molar-refractivity contribution is 14.0.